The van der Waals surface area contributed by atoms with Crippen LogP contribution in [0.3, 0.4) is 0 Å². The first kappa shape index (κ1) is 24.3. The van der Waals surface area contributed by atoms with Gasteiger partial charge in [0.15, 0.2) is 23.3 Å². The third-order valence-corrected chi connectivity index (χ3v) is 5.77. The van der Waals surface area contributed by atoms with Crippen LogP contribution >= 0.6 is 27.7 Å². The molecule has 12 heteroatoms. The number of benzene rings is 2. The predicted molar refractivity (Wildman–Crippen MR) is 128 cm³/mol. The van der Waals surface area contributed by atoms with Crippen LogP contribution in [-0.2, 0) is 14.4 Å². The van der Waals surface area contributed by atoms with Crippen molar-refractivity contribution in [3.05, 3.63) is 52.5 Å². The smallest absolute Gasteiger partial charge is 0.305 e. The molecule has 2 aromatic rings. The van der Waals surface area contributed by atoms with Crippen molar-refractivity contribution in [1.29, 1.82) is 0 Å². The van der Waals surface area contributed by atoms with Gasteiger partial charge in [-0.25, -0.2) is 0 Å². The topological polar surface area (TPSA) is 139 Å². The van der Waals surface area contributed by atoms with E-state index in [1.54, 1.807) is 30.3 Å². The summed E-state index contributed by atoms with van der Waals surface area (Å²) in [6.07, 6.45) is 1.15. The molecule has 0 radical (unpaired) electrons. The van der Waals surface area contributed by atoms with E-state index in [1.807, 2.05) is 12.1 Å². The summed E-state index contributed by atoms with van der Waals surface area (Å²) >= 11 is 4.35. The number of hydrogen-bond donors (Lipinski definition) is 3. The van der Waals surface area contributed by atoms with E-state index in [2.05, 4.69) is 36.8 Å². The fourth-order valence-corrected chi connectivity index (χ4v) is 3.83. The largest absolute Gasteiger partial charge is 0.493 e. The Morgan fingerprint density at radius 3 is 2.70 bits per heavy atom. The van der Waals surface area contributed by atoms with Gasteiger partial charge in [0.25, 0.3) is 5.91 Å². The summed E-state index contributed by atoms with van der Waals surface area (Å²) in [5.74, 6) is -1.02. The number of carboxylic acid groups (broad SMARTS) is 1. The lowest BCUT2D eigenvalue weighted by Gasteiger charge is -2.11. The molecule has 1 aliphatic heterocycles. The van der Waals surface area contributed by atoms with Crippen molar-refractivity contribution in [2.75, 3.05) is 19.0 Å². The van der Waals surface area contributed by atoms with Gasteiger partial charge in [-0.3, -0.25) is 14.4 Å². The van der Waals surface area contributed by atoms with Gasteiger partial charge >= 0.3 is 5.97 Å². The third-order valence-electron chi connectivity index (χ3n) is 4.17. The number of hydrogen-bond acceptors (Lipinski definition) is 8. The Balaban J connectivity index is 1.56. The number of methoxy groups -OCH3 is 1. The number of carbonyl (C=O) groups excluding carboxylic acids is 2. The molecule has 1 unspecified atom stereocenters. The van der Waals surface area contributed by atoms with Crippen molar-refractivity contribution >= 4 is 62.5 Å². The summed E-state index contributed by atoms with van der Waals surface area (Å²) in [6, 6.07) is 12.1. The summed E-state index contributed by atoms with van der Waals surface area (Å²) in [4.78, 5) is 34.6. The zero-order valence-electron chi connectivity index (χ0n) is 17.3. The van der Waals surface area contributed by atoms with Crippen molar-refractivity contribution in [3.8, 4) is 11.5 Å². The Hall–Kier alpha value is -3.38. The molecule has 1 atom stereocenters. The van der Waals surface area contributed by atoms with Crippen molar-refractivity contribution in [2.24, 2.45) is 10.2 Å². The van der Waals surface area contributed by atoms with Gasteiger partial charge in [0.1, 0.15) is 5.25 Å². The zero-order valence-corrected chi connectivity index (χ0v) is 19.7. The number of carbonyl (C=O) groups is 3. The standard InChI is InChI=1S/C21H19BrN4O6S/c1-31-16-8-12(10-23-26-21-25-20(30)17(33-21)9-19(28)29)2-7-15(16)32-11-18(27)24-14-5-3-13(22)4-6-14/h2-8,10,17H,9,11H2,1H3,(H,24,27)(H,28,29)(H,25,26,30). The van der Waals surface area contributed by atoms with Gasteiger partial charge in [0, 0.05) is 10.2 Å². The number of amidine groups is 1. The Morgan fingerprint density at radius 2 is 2.00 bits per heavy atom. The van der Waals surface area contributed by atoms with E-state index in [9.17, 15) is 14.4 Å². The van der Waals surface area contributed by atoms with E-state index in [-0.39, 0.29) is 24.1 Å². The molecule has 2 aromatic carbocycles. The molecule has 0 saturated carbocycles. The Bertz CT molecular complexity index is 1110. The number of nitrogens with one attached hydrogen (secondary N) is 2. The molecule has 172 valence electrons. The highest BCUT2D eigenvalue weighted by Gasteiger charge is 2.32. The fourth-order valence-electron chi connectivity index (χ4n) is 2.65. The van der Waals surface area contributed by atoms with Gasteiger partial charge in [-0.2, -0.15) is 5.10 Å². The van der Waals surface area contributed by atoms with Crippen LogP contribution < -0.4 is 20.1 Å². The van der Waals surface area contributed by atoms with Crippen LogP contribution in [0.25, 0.3) is 0 Å². The van der Waals surface area contributed by atoms with Crippen LogP contribution in [-0.4, -0.2) is 53.2 Å². The van der Waals surface area contributed by atoms with Crippen LogP contribution in [0.1, 0.15) is 12.0 Å². The minimum absolute atomic E-state index is 0.206. The summed E-state index contributed by atoms with van der Waals surface area (Å²) in [5, 5.41) is 21.4. The molecule has 3 N–H and O–H groups in total. The number of thioether (sulfide) groups is 1. The van der Waals surface area contributed by atoms with E-state index in [0.717, 1.165) is 16.2 Å². The number of amides is 2. The number of carboxylic acids is 1. The predicted octanol–water partition coefficient (Wildman–Crippen LogP) is 2.87. The molecule has 1 fully saturated rings. The minimum Gasteiger partial charge on any atom is -0.493 e. The molecule has 1 saturated heterocycles. The summed E-state index contributed by atoms with van der Waals surface area (Å²) < 4.78 is 11.8. The summed E-state index contributed by atoms with van der Waals surface area (Å²) in [6.45, 7) is -0.206. The average Bonchev–Trinajstić information content (AvgIpc) is 3.12. The number of anilines is 1. The van der Waals surface area contributed by atoms with Crippen molar-refractivity contribution in [1.82, 2.24) is 5.32 Å². The lowest BCUT2D eigenvalue weighted by atomic mass is 10.2. The Labute approximate surface area is 201 Å². The molecule has 10 nitrogen and oxygen atoms in total. The van der Waals surface area contributed by atoms with Crippen molar-refractivity contribution in [3.63, 3.8) is 0 Å². The molecular formula is C21H19BrN4O6S. The van der Waals surface area contributed by atoms with Gasteiger partial charge < -0.3 is 25.2 Å². The SMILES string of the molecule is COc1cc(C=NN=C2NC(=O)C(CC(=O)O)S2)ccc1OCC(=O)Nc1ccc(Br)cc1. The van der Waals surface area contributed by atoms with Gasteiger partial charge in [-0.05, 0) is 48.0 Å². The second-order valence-electron chi connectivity index (χ2n) is 6.60. The monoisotopic (exact) mass is 534 g/mol. The van der Waals surface area contributed by atoms with Crippen LogP contribution in [0.15, 0.2) is 57.1 Å². The zero-order chi connectivity index (χ0) is 23.8. The molecule has 0 spiro atoms. The Morgan fingerprint density at radius 1 is 1.24 bits per heavy atom. The average molecular weight is 535 g/mol. The number of halogens is 1. The van der Waals surface area contributed by atoms with Crippen LogP contribution in [0.2, 0.25) is 0 Å². The maximum Gasteiger partial charge on any atom is 0.305 e. The highest BCUT2D eigenvalue weighted by Crippen LogP contribution is 2.28. The number of rotatable bonds is 9. The maximum atomic E-state index is 12.1. The van der Waals surface area contributed by atoms with E-state index in [4.69, 9.17) is 14.6 Å². The first-order chi connectivity index (χ1) is 15.8. The maximum absolute atomic E-state index is 12.1. The lowest BCUT2D eigenvalue weighted by molar-refractivity contribution is -0.138. The lowest BCUT2D eigenvalue weighted by Crippen LogP contribution is -2.26. The second-order valence-corrected chi connectivity index (χ2v) is 8.70. The second kappa shape index (κ2) is 11.5. The molecule has 3 rings (SSSR count). The van der Waals surface area contributed by atoms with E-state index in [1.165, 1.54) is 13.3 Å². The van der Waals surface area contributed by atoms with Gasteiger partial charge in [0.2, 0.25) is 5.91 Å². The molecule has 1 heterocycles. The molecular weight excluding hydrogens is 516 g/mol. The Kier molecular flexibility index (Phi) is 8.44. The minimum atomic E-state index is -1.06. The molecule has 0 aromatic heterocycles. The first-order valence-electron chi connectivity index (χ1n) is 9.50. The molecule has 2 amide bonds. The quantitative estimate of drug-likeness (QED) is 0.332. The molecule has 0 bridgehead atoms. The number of aliphatic carboxylic acids is 1. The highest BCUT2D eigenvalue weighted by molar-refractivity contribution is 9.10. The van der Waals surface area contributed by atoms with Crippen LogP contribution in [0.5, 0.6) is 11.5 Å². The fraction of sp³-hybridized carbons (Fsp3) is 0.190. The van der Waals surface area contributed by atoms with Gasteiger partial charge in [0.05, 0.1) is 19.7 Å². The van der Waals surface area contributed by atoms with Crippen molar-refractivity contribution in [2.45, 2.75) is 11.7 Å². The first-order valence-corrected chi connectivity index (χ1v) is 11.2. The van der Waals surface area contributed by atoms with E-state index < -0.39 is 17.1 Å². The summed E-state index contributed by atoms with van der Waals surface area (Å²) in [5.41, 5.74) is 1.29. The molecule has 0 aliphatic carbocycles. The molecule has 1 aliphatic rings. The molecule has 33 heavy (non-hydrogen) atoms. The van der Waals surface area contributed by atoms with Crippen LogP contribution in [0.4, 0.5) is 5.69 Å². The van der Waals surface area contributed by atoms with Crippen LogP contribution in [0, 0.1) is 0 Å². The van der Waals surface area contributed by atoms with E-state index >= 15 is 0 Å². The van der Waals surface area contributed by atoms with Crippen molar-refractivity contribution < 1.29 is 29.0 Å². The van der Waals surface area contributed by atoms with Gasteiger partial charge in [-0.15, -0.1) is 5.10 Å². The number of nitrogens with zero attached hydrogens (tertiary/aromatic N) is 2. The summed E-state index contributed by atoms with van der Waals surface area (Å²) in [7, 11) is 1.47. The third kappa shape index (κ3) is 7.32. The normalized spacial score (nSPS) is 16.6. The van der Waals surface area contributed by atoms with Gasteiger partial charge in [-0.1, -0.05) is 27.7 Å². The number of ether oxygens (including phenoxy) is 2. The van der Waals surface area contributed by atoms with E-state index in [0.29, 0.717) is 22.7 Å². The highest BCUT2D eigenvalue weighted by atomic mass is 79.9.